The quantitative estimate of drug-likeness (QED) is 0.794. The monoisotopic (exact) mass is 432 g/mol. The third-order valence-electron chi connectivity index (χ3n) is 2.58. The normalized spacial score (nSPS) is 11.0. The molecule has 0 saturated carbocycles. The number of hydrogen-bond acceptors (Lipinski definition) is 3. The van der Waals surface area contributed by atoms with Crippen LogP contribution in [0.5, 0.6) is 0 Å². The van der Waals surface area contributed by atoms with E-state index in [0.29, 0.717) is 8.95 Å². The SMILES string of the molecule is N#Cc1c(F)cccc1S(=O)(=O)Nc1c(Br)cccc1Br. The largest absolute Gasteiger partial charge is 0.277 e. The van der Waals surface area contributed by atoms with Crippen LogP contribution < -0.4 is 4.72 Å². The van der Waals surface area contributed by atoms with Crippen molar-refractivity contribution >= 4 is 47.6 Å². The molecule has 0 unspecified atom stereocenters. The Morgan fingerprint density at radius 1 is 1.10 bits per heavy atom. The fourth-order valence-corrected chi connectivity index (χ4v) is 4.35. The standard InChI is InChI=1S/C13H7Br2FN2O2S/c14-9-3-1-4-10(15)13(9)18-21(19,20)12-6-2-5-11(16)8(12)7-17/h1-6,18H. The molecule has 1 N–H and O–H groups in total. The smallest absolute Gasteiger partial charge is 0.263 e. The van der Waals surface area contributed by atoms with Gasteiger partial charge in [-0.1, -0.05) is 12.1 Å². The van der Waals surface area contributed by atoms with E-state index in [1.165, 1.54) is 12.1 Å². The lowest BCUT2D eigenvalue weighted by Gasteiger charge is -2.12. The van der Waals surface area contributed by atoms with Crippen LogP contribution >= 0.6 is 31.9 Å². The van der Waals surface area contributed by atoms with Gasteiger partial charge in [-0.3, -0.25) is 4.72 Å². The van der Waals surface area contributed by atoms with E-state index in [1.54, 1.807) is 24.3 Å². The molecule has 2 aromatic rings. The minimum Gasteiger partial charge on any atom is -0.277 e. The van der Waals surface area contributed by atoms with Crippen LogP contribution in [0.25, 0.3) is 0 Å². The molecule has 4 nitrogen and oxygen atoms in total. The molecule has 108 valence electrons. The number of anilines is 1. The molecule has 0 atom stereocenters. The summed E-state index contributed by atoms with van der Waals surface area (Å²) in [6.07, 6.45) is 0. The Labute approximate surface area is 137 Å². The molecule has 0 spiro atoms. The molecule has 8 heteroatoms. The molecule has 0 saturated heterocycles. The van der Waals surface area contributed by atoms with Gasteiger partial charge in [0.15, 0.2) is 0 Å². The van der Waals surface area contributed by atoms with Gasteiger partial charge < -0.3 is 0 Å². The van der Waals surface area contributed by atoms with Gasteiger partial charge in [0, 0.05) is 8.95 Å². The second kappa shape index (κ2) is 6.13. The Balaban J connectivity index is 2.55. The van der Waals surface area contributed by atoms with Gasteiger partial charge in [0.2, 0.25) is 0 Å². The van der Waals surface area contributed by atoms with Crippen LogP contribution in [0.1, 0.15) is 5.56 Å². The van der Waals surface area contributed by atoms with Crippen LogP contribution in [0, 0.1) is 17.1 Å². The lowest BCUT2D eigenvalue weighted by Crippen LogP contribution is -2.15. The maximum absolute atomic E-state index is 13.5. The fourth-order valence-electron chi connectivity index (χ4n) is 1.62. The average Bonchev–Trinajstić information content (AvgIpc) is 2.43. The molecule has 0 aliphatic carbocycles. The van der Waals surface area contributed by atoms with Crippen molar-refractivity contribution in [2.24, 2.45) is 0 Å². The molecule has 0 aliphatic heterocycles. The number of nitrogens with one attached hydrogen (secondary N) is 1. The van der Waals surface area contributed by atoms with Crippen molar-refractivity contribution in [3.63, 3.8) is 0 Å². The molecule has 0 radical (unpaired) electrons. The summed E-state index contributed by atoms with van der Waals surface area (Å²) in [6, 6.07) is 10.0. The van der Waals surface area contributed by atoms with Gasteiger partial charge in [0.1, 0.15) is 22.3 Å². The van der Waals surface area contributed by atoms with Crippen molar-refractivity contribution in [2.75, 3.05) is 4.72 Å². The molecule has 2 rings (SSSR count). The molecular weight excluding hydrogens is 427 g/mol. The lowest BCUT2D eigenvalue weighted by atomic mass is 10.2. The minimum atomic E-state index is -4.10. The zero-order chi connectivity index (χ0) is 15.6. The topological polar surface area (TPSA) is 70.0 Å². The highest BCUT2D eigenvalue weighted by Crippen LogP contribution is 2.33. The number of halogens is 3. The molecule has 0 bridgehead atoms. The number of nitrogens with zero attached hydrogens (tertiary/aromatic N) is 1. The van der Waals surface area contributed by atoms with Gasteiger partial charge in [0.05, 0.1) is 5.69 Å². The molecular formula is C13H7Br2FN2O2S. The van der Waals surface area contributed by atoms with E-state index in [1.807, 2.05) is 0 Å². The fraction of sp³-hybridized carbons (Fsp3) is 0. The van der Waals surface area contributed by atoms with E-state index in [2.05, 4.69) is 36.6 Å². The number of benzene rings is 2. The Kier molecular flexibility index (Phi) is 4.66. The zero-order valence-corrected chi connectivity index (χ0v) is 14.3. The van der Waals surface area contributed by atoms with Crippen molar-refractivity contribution in [1.29, 1.82) is 5.26 Å². The van der Waals surface area contributed by atoms with Crippen LogP contribution in [0.4, 0.5) is 10.1 Å². The van der Waals surface area contributed by atoms with Gasteiger partial charge in [-0.05, 0) is 56.1 Å². The summed E-state index contributed by atoms with van der Waals surface area (Å²) in [5, 5.41) is 8.94. The highest BCUT2D eigenvalue weighted by molar-refractivity contribution is 9.11. The summed E-state index contributed by atoms with van der Waals surface area (Å²) >= 11 is 6.45. The minimum absolute atomic E-state index is 0.269. The summed E-state index contributed by atoms with van der Waals surface area (Å²) in [5.41, 5.74) is -0.251. The second-order valence-corrected chi connectivity index (χ2v) is 7.29. The third-order valence-corrected chi connectivity index (χ3v) is 5.29. The first-order valence-electron chi connectivity index (χ1n) is 5.52. The summed E-state index contributed by atoms with van der Waals surface area (Å²) in [7, 11) is -4.10. The van der Waals surface area contributed by atoms with Gasteiger partial charge in [0.25, 0.3) is 10.0 Å². The van der Waals surface area contributed by atoms with E-state index in [4.69, 9.17) is 5.26 Å². The highest BCUT2D eigenvalue weighted by Gasteiger charge is 2.22. The molecule has 0 heterocycles. The Morgan fingerprint density at radius 2 is 1.67 bits per heavy atom. The van der Waals surface area contributed by atoms with Crippen molar-refractivity contribution in [1.82, 2.24) is 0 Å². The third kappa shape index (κ3) is 3.26. The van der Waals surface area contributed by atoms with E-state index < -0.39 is 26.3 Å². The molecule has 0 amide bonds. The number of rotatable bonds is 3. The summed E-state index contributed by atoms with van der Waals surface area (Å²) in [6.45, 7) is 0. The molecule has 0 aromatic heterocycles. The molecule has 21 heavy (non-hydrogen) atoms. The number of hydrogen-bond donors (Lipinski definition) is 1. The Morgan fingerprint density at radius 3 is 2.24 bits per heavy atom. The van der Waals surface area contributed by atoms with E-state index in [-0.39, 0.29) is 5.69 Å². The van der Waals surface area contributed by atoms with E-state index >= 15 is 0 Å². The van der Waals surface area contributed by atoms with Crippen molar-refractivity contribution in [3.05, 3.63) is 56.7 Å². The average molecular weight is 434 g/mol. The zero-order valence-electron chi connectivity index (χ0n) is 10.3. The van der Waals surface area contributed by atoms with E-state index in [0.717, 1.165) is 6.07 Å². The molecule has 0 fully saturated rings. The Hall–Kier alpha value is -1.43. The number of nitriles is 1. The summed E-state index contributed by atoms with van der Waals surface area (Å²) < 4.78 is 41.6. The van der Waals surface area contributed by atoms with Crippen molar-refractivity contribution in [2.45, 2.75) is 4.90 Å². The van der Waals surface area contributed by atoms with Crippen molar-refractivity contribution in [3.8, 4) is 6.07 Å². The maximum Gasteiger partial charge on any atom is 0.263 e. The van der Waals surface area contributed by atoms with E-state index in [9.17, 15) is 12.8 Å². The van der Waals surface area contributed by atoms with Gasteiger partial charge in [-0.15, -0.1) is 0 Å². The first kappa shape index (κ1) is 15.9. The first-order chi connectivity index (χ1) is 9.86. The van der Waals surface area contributed by atoms with Crippen LogP contribution in [-0.2, 0) is 10.0 Å². The predicted molar refractivity (Wildman–Crippen MR) is 83.8 cm³/mol. The van der Waals surface area contributed by atoms with Crippen LogP contribution in [0.3, 0.4) is 0 Å². The summed E-state index contributed by atoms with van der Waals surface area (Å²) in [5.74, 6) is -0.883. The van der Waals surface area contributed by atoms with Crippen LogP contribution in [-0.4, -0.2) is 8.42 Å². The molecule has 2 aromatic carbocycles. The van der Waals surface area contributed by atoms with Crippen molar-refractivity contribution < 1.29 is 12.8 Å². The van der Waals surface area contributed by atoms with Gasteiger partial charge >= 0.3 is 0 Å². The summed E-state index contributed by atoms with van der Waals surface area (Å²) in [4.78, 5) is -0.410. The number of para-hydroxylation sites is 1. The lowest BCUT2D eigenvalue weighted by molar-refractivity contribution is 0.593. The maximum atomic E-state index is 13.5. The van der Waals surface area contributed by atoms with Crippen LogP contribution in [0.2, 0.25) is 0 Å². The number of sulfonamides is 1. The van der Waals surface area contributed by atoms with Gasteiger partial charge in [-0.25, -0.2) is 12.8 Å². The van der Waals surface area contributed by atoms with Gasteiger partial charge in [-0.2, -0.15) is 5.26 Å². The predicted octanol–water partition coefficient (Wildman–Crippen LogP) is 4.02. The highest BCUT2D eigenvalue weighted by atomic mass is 79.9. The Bertz CT molecular complexity index is 827. The van der Waals surface area contributed by atoms with Crippen LogP contribution in [0.15, 0.2) is 50.2 Å². The second-order valence-electron chi connectivity index (χ2n) is 3.93. The molecule has 0 aliphatic rings. The first-order valence-corrected chi connectivity index (χ1v) is 8.59.